The number of aliphatic hydroxyl groups is 1. The minimum atomic E-state index is -0.651. The van der Waals surface area contributed by atoms with Crippen molar-refractivity contribution in [2.24, 2.45) is 5.73 Å². The topological polar surface area (TPSA) is 81.8 Å². The summed E-state index contributed by atoms with van der Waals surface area (Å²) in [5, 5.41) is 9.73. The standard InChI is InChI=1S/C14H21NO4S/c1-18-14(17)13(15)10-20-9-12(16)8-19-7-11-5-3-2-4-6-11/h2-6,12-13,16H,7-10,15H2,1H3. The van der Waals surface area contributed by atoms with Crippen molar-refractivity contribution in [3.63, 3.8) is 0 Å². The second kappa shape index (κ2) is 9.77. The van der Waals surface area contributed by atoms with Crippen molar-refractivity contribution in [1.82, 2.24) is 0 Å². The molecular formula is C14H21NO4S. The molecule has 0 saturated carbocycles. The number of nitrogens with two attached hydrogens (primary N) is 1. The number of carbonyl (C=O) groups is 1. The average Bonchev–Trinajstić information content (AvgIpc) is 2.47. The van der Waals surface area contributed by atoms with Gasteiger partial charge in [-0.3, -0.25) is 4.79 Å². The minimum absolute atomic E-state index is 0.259. The highest BCUT2D eigenvalue weighted by atomic mass is 32.2. The number of thioether (sulfide) groups is 1. The molecule has 5 nitrogen and oxygen atoms in total. The zero-order valence-corrected chi connectivity index (χ0v) is 12.3. The molecule has 0 radical (unpaired) electrons. The Morgan fingerprint density at radius 1 is 1.35 bits per heavy atom. The van der Waals surface area contributed by atoms with Gasteiger partial charge < -0.3 is 20.3 Å². The number of rotatable bonds is 9. The number of methoxy groups -OCH3 is 1. The number of carbonyl (C=O) groups excluding carboxylic acids is 1. The predicted molar refractivity (Wildman–Crippen MR) is 79.4 cm³/mol. The van der Waals surface area contributed by atoms with Gasteiger partial charge in [0.2, 0.25) is 0 Å². The lowest BCUT2D eigenvalue weighted by Gasteiger charge is -2.13. The van der Waals surface area contributed by atoms with Crippen molar-refractivity contribution < 1.29 is 19.4 Å². The smallest absolute Gasteiger partial charge is 0.323 e. The van der Waals surface area contributed by atoms with Gasteiger partial charge in [0.25, 0.3) is 0 Å². The first-order valence-electron chi connectivity index (χ1n) is 6.34. The molecule has 0 bridgehead atoms. The molecule has 0 aliphatic carbocycles. The van der Waals surface area contributed by atoms with Gasteiger partial charge in [0, 0.05) is 11.5 Å². The molecule has 20 heavy (non-hydrogen) atoms. The second-order valence-corrected chi connectivity index (χ2v) is 5.40. The molecule has 0 aromatic heterocycles. The average molecular weight is 299 g/mol. The minimum Gasteiger partial charge on any atom is -0.468 e. The maximum atomic E-state index is 11.1. The maximum absolute atomic E-state index is 11.1. The van der Waals surface area contributed by atoms with Crippen LogP contribution in [0.4, 0.5) is 0 Å². The Hall–Kier alpha value is -1.08. The van der Waals surface area contributed by atoms with Gasteiger partial charge in [-0.1, -0.05) is 30.3 Å². The van der Waals surface area contributed by atoms with Gasteiger partial charge in [-0.2, -0.15) is 11.8 Å². The lowest BCUT2D eigenvalue weighted by Crippen LogP contribution is -2.34. The zero-order chi connectivity index (χ0) is 14.8. The van der Waals surface area contributed by atoms with E-state index in [0.29, 0.717) is 18.1 Å². The van der Waals surface area contributed by atoms with E-state index in [9.17, 15) is 9.90 Å². The molecule has 0 aliphatic rings. The molecule has 0 saturated heterocycles. The highest BCUT2D eigenvalue weighted by Crippen LogP contribution is 2.07. The van der Waals surface area contributed by atoms with Gasteiger partial charge in [-0.15, -0.1) is 0 Å². The molecule has 1 aromatic rings. The van der Waals surface area contributed by atoms with E-state index in [2.05, 4.69) is 4.74 Å². The summed E-state index contributed by atoms with van der Waals surface area (Å²) >= 11 is 1.40. The summed E-state index contributed by atoms with van der Waals surface area (Å²) in [5.41, 5.74) is 6.65. The van der Waals surface area contributed by atoms with Crippen LogP contribution >= 0.6 is 11.8 Å². The normalized spacial score (nSPS) is 13.8. The van der Waals surface area contributed by atoms with Crippen LogP contribution < -0.4 is 5.73 Å². The Morgan fingerprint density at radius 2 is 2.05 bits per heavy atom. The van der Waals surface area contributed by atoms with Crippen LogP contribution in [0.15, 0.2) is 30.3 Å². The first kappa shape index (κ1) is 17.0. The van der Waals surface area contributed by atoms with E-state index in [1.807, 2.05) is 30.3 Å². The molecule has 3 N–H and O–H groups in total. The molecular weight excluding hydrogens is 278 g/mol. The number of benzene rings is 1. The molecule has 0 spiro atoms. The summed E-state index contributed by atoms with van der Waals surface area (Å²) in [7, 11) is 1.30. The molecule has 1 aromatic carbocycles. The summed E-state index contributed by atoms with van der Waals surface area (Å²) in [6.45, 7) is 0.736. The van der Waals surface area contributed by atoms with Crippen LogP contribution in [0.3, 0.4) is 0 Å². The Kier molecular flexibility index (Phi) is 8.29. The summed E-state index contributed by atoms with van der Waals surface area (Å²) in [6, 6.07) is 9.12. The molecule has 1 rings (SSSR count). The predicted octanol–water partition coefficient (Wildman–Crippen LogP) is 0.798. The van der Waals surface area contributed by atoms with Gasteiger partial charge in [0.05, 0.1) is 26.4 Å². The molecule has 0 fully saturated rings. The third-order valence-corrected chi connectivity index (χ3v) is 3.75. The molecule has 2 atom stereocenters. The van der Waals surface area contributed by atoms with Crippen molar-refractivity contribution in [2.75, 3.05) is 25.2 Å². The van der Waals surface area contributed by atoms with E-state index >= 15 is 0 Å². The zero-order valence-electron chi connectivity index (χ0n) is 11.5. The van der Waals surface area contributed by atoms with Crippen molar-refractivity contribution in [1.29, 1.82) is 0 Å². The summed E-state index contributed by atoms with van der Waals surface area (Å²) in [4.78, 5) is 11.1. The van der Waals surface area contributed by atoms with Crippen molar-refractivity contribution in [3.8, 4) is 0 Å². The third kappa shape index (κ3) is 6.91. The van der Waals surface area contributed by atoms with E-state index in [4.69, 9.17) is 10.5 Å². The van der Waals surface area contributed by atoms with Gasteiger partial charge >= 0.3 is 5.97 Å². The highest BCUT2D eigenvalue weighted by Gasteiger charge is 2.14. The SMILES string of the molecule is COC(=O)C(N)CSCC(O)COCc1ccccc1. The summed E-state index contributed by atoms with van der Waals surface area (Å²) < 4.78 is 9.94. The number of hydrogen-bond acceptors (Lipinski definition) is 6. The van der Waals surface area contributed by atoms with Crippen molar-refractivity contribution in [2.45, 2.75) is 18.8 Å². The number of hydrogen-bond donors (Lipinski definition) is 2. The van der Waals surface area contributed by atoms with E-state index in [-0.39, 0.29) is 6.61 Å². The molecule has 0 aliphatic heterocycles. The molecule has 6 heteroatoms. The number of ether oxygens (including phenoxy) is 2. The largest absolute Gasteiger partial charge is 0.468 e. The van der Waals surface area contributed by atoms with E-state index in [0.717, 1.165) is 5.56 Å². The van der Waals surface area contributed by atoms with Crippen LogP contribution in [0.5, 0.6) is 0 Å². The van der Waals surface area contributed by atoms with Crippen LogP contribution in [0, 0.1) is 0 Å². The van der Waals surface area contributed by atoms with Crippen molar-refractivity contribution in [3.05, 3.63) is 35.9 Å². The van der Waals surface area contributed by atoms with E-state index in [1.54, 1.807) is 0 Å². The number of aliphatic hydroxyl groups excluding tert-OH is 1. The highest BCUT2D eigenvalue weighted by molar-refractivity contribution is 7.99. The summed E-state index contributed by atoms with van der Waals surface area (Å²) in [6.07, 6.45) is -0.575. The molecule has 112 valence electrons. The first-order chi connectivity index (χ1) is 9.63. The van der Waals surface area contributed by atoms with Crippen LogP contribution in [-0.4, -0.2) is 48.4 Å². The fraction of sp³-hybridized carbons (Fsp3) is 0.500. The van der Waals surface area contributed by atoms with Crippen LogP contribution in [0.1, 0.15) is 5.56 Å². The Bertz CT molecular complexity index is 388. The second-order valence-electron chi connectivity index (χ2n) is 4.32. The van der Waals surface area contributed by atoms with Crippen LogP contribution in [0.2, 0.25) is 0 Å². The molecule has 0 heterocycles. The summed E-state index contributed by atoms with van der Waals surface area (Å²) in [5.74, 6) is 0.453. The number of esters is 1. The third-order valence-electron chi connectivity index (χ3n) is 2.53. The molecule has 2 unspecified atom stereocenters. The molecule has 0 amide bonds. The lowest BCUT2D eigenvalue weighted by atomic mass is 10.2. The lowest BCUT2D eigenvalue weighted by molar-refractivity contribution is -0.141. The maximum Gasteiger partial charge on any atom is 0.323 e. The quantitative estimate of drug-likeness (QED) is 0.656. The monoisotopic (exact) mass is 299 g/mol. The Balaban J connectivity index is 2.09. The van der Waals surface area contributed by atoms with E-state index < -0.39 is 18.1 Å². The van der Waals surface area contributed by atoms with Gasteiger partial charge in [0.1, 0.15) is 6.04 Å². The first-order valence-corrected chi connectivity index (χ1v) is 7.50. The van der Waals surface area contributed by atoms with Gasteiger partial charge in [-0.25, -0.2) is 0 Å². The Morgan fingerprint density at radius 3 is 2.70 bits per heavy atom. The van der Waals surface area contributed by atoms with Crippen molar-refractivity contribution >= 4 is 17.7 Å². The van der Waals surface area contributed by atoms with Crippen LogP contribution in [-0.2, 0) is 20.9 Å². The van der Waals surface area contributed by atoms with E-state index in [1.165, 1.54) is 18.9 Å². The van der Waals surface area contributed by atoms with Gasteiger partial charge in [0.15, 0.2) is 0 Å². The van der Waals surface area contributed by atoms with Gasteiger partial charge in [-0.05, 0) is 5.56 Å². The fourth-order valence-electron chi connectivity index (χ4n) is 1.49. The fourth-order valence-corrected chi connectivity index (χ4v) is 2.38. The van der Waals surface area contributed by atoms with Crippen LogP contribution in [0.25, 0.3) is 0 Å². The Labute approximate surface area is 123 Å².